The molecule has 1 unspecified atom stereocenters. The summed E-state index contributed by atoms with van der Waals surface area (Å²) in [5, 5.41) is 3.24. The van der Waals surface area contributed by atoms with Gasteiger partial charge in [-0.25, -0.2) is 0 Å². The second-order valence-corrected chi connectivity index (χ2v) is 7.50. The molecule has 0 aromatic heterocycles. The molecular weight excluding hydrogens is 410 g/mol. The topological polar surface area (TPSA) is 75.3 Å². The number of benzene rings is 2. The van der Waals surface area contributed by atoms with Gasteiger partial charge in [0.1, 0.15) is 19.8 Å². The van der Waals surface area contributed by atoms with Crippen molar-refractivity contribution in [3.8, 4) is 23.0 Å². The highest BCUT2D eigenvalue weighted by Crippen LogP contribution is 2.38. The molecule has 2 aliphatic rings. The van der Waals surface area contributed by atoms with Gasteiger partial charge in [-0.15, -0.1) is 0 Å². The van der Waals surface area contributed by atoms with Gasteiger partial charge in [0, 0.05) is 18.7 Å². The number of ether oxygens (including phenoxy) is 5. The Bertz CT molecular complexity index is 913. The Kier molecular flexibility index (Phi) is 6.50. The van der Waals surface area contributed by atoms with E-state index in [0.29, 0.717) is 59.9 Å². The van der Waals surface area contributed by atoms with Crippen LogP contribution in [-0.4, -0.2) is 45.5 Å². The maximum Gasteiger partial charge on any atom is 0.251 e. The van der Waals surface area contributed by atoms with Gasteiger partial charge in [-0.3, -0.25) is 4.79 Å². The minimum Gasteiger partial charge on any atom is -0.493 e. The van der Waals surface area contributed by atoms with E-state index >= 15 is 0 Å². The summed E-state index contributed by atoms with van der Waals surface area (Å²) in [5.74, 6) is 1.96. The van der Waals surface area contributed by atoms with Crippen molar-refractivity contribution in [3.05, 3.63) is 46.5 Å². The number of fused-ring (bicyclic) bond motifs is 1. The van der Waals surface area contributed by atoms with Gasteiger partial charge in [-0.2, -0.15) is 0 Å². The summed E-state index contributed by atoms with van der Waals surface area (Å²) in [6, 6.07) is 8.80. The van der Waals surface area contributed by atoms with E-state index in [0.717, 1.165) is 25.0 Å². The third-order valence-electron chi connectivity index (χ3n) is 4.99. The van der Waals surface area contributed by atoms with Gasteiger partial charge in [0.25, 0.3) is 5.91 Å². The zero-order valence-corrected chi connectivity index (χ0v) is 17.5. The van der Waals surface area contributed by atoms with Crippen LogP contribution in [0.5, 0.6) is 23.0 Å². The molecule has 0 spiro atoms. The summed E-state index contributed by atoms with van der Waals surface area (Å²) in [4.78, 5) is 12.6. The SMILES string of the molecule is COc1cc(CNC(=O)c2cc(Cl)c3c(c2)OCCO3)ccc1OCC1CCCO1. The Morgan fingerprint density at radius 1 is 1.17 bits per heavy atom. The van der Waals surface area contributed by atoms with Crippen molar-refractivity contribution in [2.45, 2.75) is 25.5 Å². The number of carbonyl (C=O) groups excluding carboxylic acids is 1. The van der Waals surface area contributed by atoms with Crippen LogP contribution in [0.3, 0.4) is 0 Å². The lowest BCUT2D eigenvalue weighted by molar-refractivity contribution is 0.0669. The average molecular weight is 434 g/mol. The van der Waals surface area contributed by atoms with E-state index in [4.69, 9.17) is 35.3 Å². The summed E-state index contributed by atoms with van der Waals surface area (Å²) in [6.45, 7) is 2.48. The largest absolute Gasteiger partial charge is 0.493 e. The number of hydrogen-bond donors (Lipinski definition) is 1. The van der Waals surface area contributed by atoms with Gasteiger partial charge in [0.15, 0.2) is 23.0 Å². The highest BCUT2D eigenvalue weighted by atomic mass is 35.5. The molecule has 1 atom stereocenters. The summed E-state index contributed by atoms with van der Waals surface area (Å²) in [6.07, 6.45) is 2.21. The van der Waals surface area contributed by atoms with Gasteiger partial charge < -0.3 is 29.0 Å². The molecule has 30 heavy (non-hydrogen) atoms. The predicted octanol–water partition coefficient (Wildman–Crippen LogP) is 3.61. The van der Waals surface area contributed by atoms with Gasteiger partial charge in [-0.05, 0) is 42.7 Å². The van der Waals surface area contributed by atoms with Gasteiger partial charge >= 0.3 is 0 Å². The van der Waals surface area contributed by atoms with Crippen LogP contribution >= 0.6 is 11.6 Å². The standard InChI is InChI=1S/C22H24ClNO6/c1-26-19-9-14(4-5-18(19)30-13-16-3-2-6-27-16)12-24-22(25)15-10-17(23)21-20(11-15)28-7-8-29-21/h4-5,9-11,16H,2-3,6-8,12-13H2,1H3,(H,24,25). The normalized spacial score (nSPS) is 17.5. The molecule has 0 radical (unpaired) electrons. The maximum absolute atomic E-state index is 12.6. The number of nitrogens with one attached hydrogen (secondary N) is 1. The van der Waals surface area contributed by atoms with Crippen molar-refractivity contribution in [1.82, 2.24) is 5.32 Å². The minimum atomic E-state index is -0.258. The maximum atomic E-state index is 12.6. The first kappa shape index (κ1) is 20.6. The molecule has 160 valence electrons. The molecule has 1 saturated heterocycles. The fraction of sp³-hybridized carbons (Fsp3) is 0.409. The number of hydrogen-bond acceptors (Lipinski definition) is 6. The highest BCUT2D eigenvalue weighted by molar-refractivity contribution is 6.32. The van der Waals surface area contributed by atoms with Crippen LogP contribution in [0.1, 0.15) is 28.8 Å². The van der Waals surface area contributed by atoms with E-state index in [2.05, 4.69) is 5.32 Å². The minimum absolute atomic E-state index is 0.131. The van der Waals surface area contributed by atoms with Crippen LogP contribution in [0.15, 0.2) is 30.3 Å². The molecule has 2 aliphatic heterocycles. The first-order valence-electron chi connectivity index (χ1n) is 9.92. The fourth-order valence-electron chi connectivity index (χ4n) is 3.43. The summed E-state index contributed by atoms with van der Waals surface area (Å²) < 4.78 is 27.9. The Labute approximate surface area is 180 Å². The Hall–Kier alpha value is -2.64. The molecule has 8 heteroatoms. The summed E-state index contributed by atoms with van der Waals surface area (Å²) in [7, 11) is 1.59. The van der Waals surface area contributed by atoms with Crippen molar-refractivity contribution < 1.29 is 28.5 Å². The van der Waals surface area contributed by atoms with E-state index in [1.165, 1.54) is 0 Å². The number of carbonyl (C=O) groups is 1. The van der Waals surface area contributed by atoms with Crippen molar-refractivity contribution in [3.63, 3.8) is 0 Å². The van der Waals surface area contributed by atoms with Gasteiger partial charge in [0.2, 0.25) is 0 Å². The lowest BCUT2D eigenvalue weighted by Gasteiger charge is -2.20. The first-order chi connectivity index (χ1) is 14.6. The van der Waals surface area contributed by atoms with Crippen LogP contribution in [0.4, 0.5) is 0 Å². The van der Waals surface area contributed by atoms with Gasteiger partial charge in [-0.1, -0.05) is 17.7 Å². The van der Waals surface area contributed by atoms with Crippen molar-refractivity contribution in [2.75, 3.05) is 33.5 Å². The van der Waals surface area contributed by atoms with Crippen molar-refractivity contribution >= 4 is 17.5 Å². The smallest absolute Gasteiger partial charge is 0.251 e. The van der Waals surface area contributed by atoms with Crippen molar-refractivity contribution in [2.24, 2.45) is 0 Å². The third-order valence-corrected chi connectivity index (χ3v) is 5.27. The molecule has 1 amide bonds. The molecule has 2 heterocycles. The number of rotatable bonds is 7. The predicted molar refractivity (Wildman–Crippen MR) is 111 cm³/mol. The quantitative estimate of drug-likeness (QED) is 0.719. The zero-order valence-electron chi connectivity index (χ0n) is 16.7. The molecule has 2 aromatic carbocycles. The Morgan fingerprint density at radius 2 is 2.03 bits per heavy atom. The molecule has 2 aromatic rings. The summed E-state index contributed by atoms with van der Waals surface area (Å²) >= 11 is 6.22. The zero-order chi connectivity index (χ0) is 20.9. The van der Waals surface area contributed by atoms with Gasteiger partial charge in [0.05, 0.1) is 18.2 Å². The molecule has 1 fully saturated rings. The van der Waals surface area contributed by atoms with E-state index in [9.17, 15) is 4.79 Å². The van der Waals surface area contributed by atoms with Crippen LogP contribution in [0, 0.1) is 0 Å². The molecular formula is C22H24ClNO6. The van der Waals surface area contributed by atoms with E-state index in [-0.39, 0.29) is 12.0 Å². The van der Waals surface area contributed by atoms with Crippen LogP contribution in [0.2, 0.25) is 5.02 Å². The second-order valence-electron chi connectivity index (χ2n) is 7.10. The molecule has 4 rings (SSSR count). The Morgan fingerprint density at radius 3 is 2.83 bits per heavy atom. The second kappa shape index (κ2) is 9.45. The average Bonchev–Trinajstić information content (AvgIpc) is 3.30. The van der Waals surface area contributed by atoms with Crippen molar-refractivity contribution in [1.29, 1.82) is 0 Å². The van der Waals surface area contributed by atoms with Crippen LogP contribution < -0.4 is 24.3 Å². The molecule has 0 bridgehead atoms. The lowest BCUT2D eigenvalue weighted by Crippen LogP contribution is -2.23. The summed E-state index contributed by atoms with van der Waals surface area (Å²) in [5.41, 5.74) is 1.29. The van der Waals surface area contributed by atoms with E-state index < -0.39 is 0 Å². The molecule has 0 aliphatic carbocycles. The Balaban J connectivity index is 1.38. The fourth-order valence-corrected chi connectivity index (χ4v) is 3.69. The highest BCUT2D eigenvalue weighted by Gasteiger charge is 2.20. The van der Waals surface area contributed by atoms with Crippen LogP contribution in [-0.2, 0) is 11.3 Å². The first-order valence-corrected chi connectivity index (χ1v) is 10.3. The molecule has 1 N–H and O–H groups in total. The van der Waals surface area contributed by atoms with Crippen LogP contribution in [0.25, 0.3) is 0 Å². The van der Waals surface area contributed by atoms with E-state index in [1.807, 2.05) is 18.2 Å². The molecule has 7 nitrogen and oxygen atoms in total. The lowest BCUT2D eigenvalue weighted by atomic mass is 10.1. The number of halogens is 1. The number of methoxy groups -OCH3 is 1. The third kappa shape index (κ3) is 4.74. The molecule has 0 saturated carbocycles. The van der Waals surface area contributed by atoms with E-state index in [1.54, 1.807) is 19.2 Å². The monoisotopic (exact) mass is 433 g/mol. The number of amides is 1.